The lowest BCUT2D eigenvalue weighted by Crippen LogP contribution is -2.15. The zero-order valence-electron chi connectivity index (χ0n) is 9.51. The molecule has 1 aromatic heterocycles. The van der Waals surface area contributed by atoms with Crippen LogP contribution in [0, 0.1) is 0 Å². The lowest BCUT2D eigenvalue weighted by Gasteiger charge is -2.01. The molecule has 1 fully saturated rings. The molecule has 0 spiro atoms. The van der Waals surface area contributed by atoms with Gasteiger partial charge in [-0.1, -0.05) is 28.9 Å². The highest BCUT2D eigenvalue weighted by atomic mass is 35.5. The quantitative estimate of drug-likeness (QED) is 0.866. The predicted molar refractivity (Wildman–Crippen MR) is 66.1 cm³/mol. The van der Waals surface area contributed by atoms with E-state index in [1.165, 1.54) is 0 Å². The molecule has 0 bridgehead atoms. The van der Waals surface area contributed by atoms with Crippen molar-refractivity contribution in [3.8, 4) is 11.4 Å². The van der Waals surface area contributed by atoms with E-state index in [2.05, 4.69) is 15.5 Å². The molecule has 1 aliphatic rings. The minimum Gasteiger partial charge on any atom is -0.392 e. The lowest BCUT2D eigenvalue weighted by molar-refractivity contribution is 0.191. The van der Waals surface area contributed by atoms with Gasteiger partial charge in [0.2, 0.25) is 11.7 Å². The van der Waals surface area contributed by atoms with Crippen molar-refractivity contribution in [3.63, 3.8) is 0 Å². The van der Waals surface area contributed by atoms with Gasteiger partial charge in [0.1, 0.15) is 0 Å². The highest BCUT2D eigenvalue weighted by molar-refractivity contribution is 6.30. The van der Waals surface area contributed by atoms with Crippen LogP contribution in [0.15, 0.2) is 28.8 Å². The van der Waals surface area contributed by atoms with E-state index in [4.69, 9.17) is 16.1 Å². The predicted octanol–water partition coefficient (Wildman–Crippen LogP) is 1.79. The maximum absolute atomic E-state index is 9.45. The first-order chi connectivity index (χ1) is 8.72. The molecular formula is C12H12ClN3O2. The van der Waals surface area contributed by atoms with Crippen molar-refractivity contribution in [3.05, 3.63) is 35.2 Å². The summed E-state index contributed by atoms with van der Waals surface area (Å²) in [5.74, 6) is 1.01. The maximum atomic E-state index is 9.45. The first-order valence-corrected chi connectivity index (χ1v) is 6.11. The number of benzene rings is 1. The van der Waals surface area contributed by atoms with Gasteiger partial charge >= 0.3 is 0 Å². The van der Waals surface area contributed by atoms with Crippen LogP contribution in [-0.4, -0.2) is 27.9 Å². The van der Waals surface area contributed by atoms with Gasteiger partial charge in [-0.05, 0) is 18.6 Å². The third-order valence-corrected chi connectivity index (χ3v) is 3.17. The Bertz CT molecular complexity index is 558. The van der Waals surface area contributed by atoms with E-state index < -0.39 is 0 Å². The van der Waals surface area contributed by atoms with Crippen LogP contribution in [0.5, 0.6) is 0 Å². The van der Waals surface area contributed by atoms with Crippen molar-refractivity contribution in [1.82, 2.24) is 15.5 Å². The molecule has 94 valence electrons. The number of halogens is 1. The summed E-state index contributed by atoms with van der Waals surface area (Å²) in [5.41, 5.74) is 0.816. The molecule has 2 atom stereocenters. The van der Waals surface area contributed by atoms with Gasteiger partial charge in [0.25, 0.3) is 0 Å². The van der Waals surface area contributed by atoms with Gasteiger partial charge in [-0.15, -0.1) is 0 Å². The van der Waals surface area contributed by atoms with Crippen molar-refractivity contribution in [2.75, 3.05) is 6.54 Å². The van der Waals surface area contributed by atoms with Crippen molar-refractivity contribution in [2.24, 2.45) is 0 Å². The second-order valence-electron chi connectivity index (χ2n) is 4.32. The Labute approximate surface area is 109 Å². The monoisotopic (exact) mass is 265 g/mol. The van der Waals surface area contributed by atoms with Crippen LogP contribution in [0.3, 0.4) is 0 Å². The number of aliphatic hydroxyl groups is 1. The van der Waals surface area contributed by atoms with Gasteiger partial charge < -0.3 is 14.9 Å². The average Bonchev–Trinajstić information content (AvgIpc) is 2.97. The molecule has 1 aliphatic heterocycles. The second kappa shape index (κ2) is 4.68. The third-order valence-electron chi connectivity index (χ3n) is 2.93. The SMILES string of the molecule is OC1CN[C@H](c2nc(-c3cccc(Cl)c3)no2)C1. The Morgan fingerprint density at radius 1 is 1.44 bits per heavy atom. The maximum Gasteiger partial charge on any atom is 0.244 e. The van der Waals surface area contributed by atoms with Gasteiger partial charge in [-0.2, -0.15) is 4.98 Å². The van der Waals surface area contributed by atoms with Crippen molar-refractivity contribution in [1.29, 1.82) is 0 Å². The van der Waals surface area contributed by atoms with E-state index in [9.17, 15) is 5.11 Å². The molecule has 0 radical (unpaired) electrons. The summed E-state index contributed by atoms with van der Waals surface area (Å²) in [6.07, 6.45) is 0.244. The zero-order chi connectivity index (χ0) is 12.5. The Balaban J connectivity index is 1.85. The average molecular weight is 266 g/mol. The summed E-state index contributed by atoms with van der Waals surface area (Å²) in [7, 11) is 0. The van der Waals surface area contributed by atoms with Crippen LogP contribution < -0.4 is 5.32 Å². The normalized spacial score (nSPS) is 23.4. The van der Waals surface area contributed by atoms with Crippen LogP contribution >= 0.6 is 11.6 Å². The molecule has 1 unspecified atom stereocenters. The highest BCUT2D eigenvalue weighted by Crippen LogP contribution is 2.25. The van der Waals surface area contributed by atoms with Crippen molar-refractivity contribution in [2.45, 2.75) is 18.6 Å². The summed E-state index contributed by atoms with van der Waals surface area (Å²) in [4.78, 5) is 4.33. The van der Waals surface area contributed by atoms with Gasteiger partial charge in [0.05, 0.1) is 12.1 Å². The number of aromatic nitrogens is 2. The molecule has 1 saturated heterocycles. The van der Waals surface area contributed by atoms with Crippen molar-refractivity contribution >= 4 is 11.6 Å². The fraction of sp³-hybridized carbons (Fsp3) is 0.333. The van der Waals surface area contributed by atoms with Crippen LogP contribution in [0.25, 0.3) is 11.4 Å². The number of rotatable bonds is 2. The Hall–Kier alpha value is -1.43. The molecule has 2 N–H and O–H groups in total. The minimum absolute atomic E-state index is 0.0690. The number of aliphatic hydroxyl groups excluding tert-OH is 1. The molecule has 5 nitrogen and oxygen atoms in total. The number of hydrogen-bond donors (Lipinski definition) is 2. The minimum atomic E-state index is -0.350. The first kappa shape index (κ1) is 11.6. The molecule has 18 heavy (non-hydrogen) atoms. The Kier molecular flexibility index (Phi) is 3.03. The summed E-state index contributed by atoms with van der Waals surface area (Å²) >= 11 is 5.92. The van der Waals surface area contributed by atoms with E-state index in [1.54, 1.807) is 12.1 Å². The topological polar surface area (TPSA) is 71.2 Å². The number of hydrogen-bond acceptors (Lipinski definition) is 5. The van der Waals surface area contributed by atoms with Gasteiger partial charge in [0.15, 0.2) is 0 Å². The molecule has 0 aliphatic carbocycles. The van der Waals surface area contributed by atoms with Crippen molar-refractivity contribution < 1.29 is 9.63 Å². The Morgan fingerprint density at radius 3 is 3.06 bits per heavy atom. The zero-order valence-corrected chi connectivity index (χ0v) is 10.3. The fourth-order valence-corrected chi connectivity index (χ4v) is 2.22. The largest absolute Gasteiger partial charge is 0.392 e. The van der Waals surface area contributed by atoms with Crippen LogP contribution in [0.4, 0.5) is 0 Å². The van der Waals surface area contributed by atoms with E-state index in [-0.39, 0.29) is 12.1 Å². The molecular weight excluding hydrogens is 254 g/mol. The van der Waals surface area contributed by atoms with Crippen LogP contribution in [0.1, 0.15) is 18.4 Å². The number of nitrogens with zero attached hydrogens (tertiary/aromatic N) is 2. The van der Waals surface area contributed by atoms with E-state index in [1.807, 2.05) is 12.1 Å². The molecule has 1 aromatic carbocycles. The van der Waals surface area contributed by atoms with Gasteiger partial charge in [0, 0.05) is 17.1 Å². The summed E-state index contributed by atoms with van der Waals surface area (Å²) in [6, 6.07) is 7.22. The number of β-amino-alcohol motifs (C(OH)–C–C–N with tert-alkyl or cyclic N) is 1. The van der Waals surface area contributed by atoms with Gasteiger partial charge in [-0.3, -0.25) is 0 Å². The molecule has 6 heteroatoms. The molecule has 0 amide bonds. The first-order valence-electron chi connectivity index (χ1n) is 5.73. The fourth-order valence-electron chi connectivity index (χ4n) is 2.03. The summed E-state index contributed by atoms with van der Waals surface area (Å²) in [6.45, 7) is 0.555. The molecule has 2 aromatic rings. The standard InChI is InChI=1S/C12H12ClN3O2/c13-8-3-1-2-7(4-8)11-15-12(18-16-11)10-5-9(17)6-14-10/h1-4,9-10,14,17H,5-6H2/t9?,10-/m0/s1. The van der Waals surface area contributed by atoms with Crippen LogP contribution in [0.2, 0.25) is 5.02 Å². The molecule has 3 rings (SSSR count). The van der Waals surface area contributed by atoms with Gasteiger partial charge in [-0.25, -0.2) is 0 Å². The molecule has 2 heterocycles. The van der Waals surface area contributed by atoms with E-state index in [0.29, 0.717) is 29.7 Å². The summed E-state index contributed by atoms with van der Waals surface area (Å²) in [5, 5.41) is 17.1. The van der Waals surface area contributed by atoms with Crippen LogP contribution in [-0.2, 0) is 0 Å². The molecule has 0 saturated carbocycles. The van der Waals surface area contributed by atoms with E-state index >= 15 is 0 Å². The third kappa shape index (κ3) is 2.25. The second-order valence-corrected chi connectivity index (χ2v) is 4.75. The summed E-state index contributed by atoms with van der Waals surface area (Å²) < 4.78 is 5.21. The lowest BCUT2D eigenvalue weighted by atomic mass is 10.2. The smallest absolute Gasteiger partial charge is 0.244 e. The number of nitrogens with one attached hydrogen (secondary N) is 1. The Morgan fingerprint density at radius 2 is 2.33 bits per heavy atom. The highest BCUT2D eigenvalue weighted by Gasteiger charge is 2.28. The van der Waals surface area contributed by atoms with E-state index in [0.717, 1.165) is 5.56 Å².